The molecule has 0 atom stereocenters. The molecule has 0 aliphatic heterocycles. The second-order valence-electron chi connectivity index (χ2n) is 8.05. The average Bonchev–Trinajstić information content (AvgIpc) is 2.71. The molecule has 0 aromatic heterocycles. The zero-order valence-corrected chi connectivity index (χ0v) is 16.6. The maximum Gasteiger partial charge on any atom is 0.458 e. The van der Waals surface area contributed by atoms with Crippen LogP contribution < -0.4 is 0 Å². The van der Waals surface area contributed by atoms with Crippen LogP contribution in [0.5, 0.6) is 0 Å². The Balaban J connectivity index is 1.77. The minimum absolute atomic E-state index is 0.0823. The summed E-state index contributed by atoms with van der Waals surface area (Å²) in [5.74, 6) is -7.20. The first-order valence-electron chi connectivity index (χ1n) is 10.1. The zero-order valence-electron chi connectivity index (χ0n) is 16.6. The van der Waals surface area contributed by atoms with Gasteiger partial charge in [0.1, 0.15) is 11.6 Å². The predicted octanol–water partition coefficient (Wildman–Crippen LogP) is 8.31. The van der Waals surface area contributed by atoms with Crippen LogP contribution in [0.4, 0.5) is 35.1 Å². The molecular formula is C23H22F8. The first-order valence-corrected chi connectivity index (χ1v) is 10.1. The summed E-state index contributed by atoms with van der Waals surface area (Å²) >= 11 is 0. The number of alkyl halides is 6. The molecule has 170 valence electrons. The Morgan fingerprint density at radius 1 is 0.806 bits per heavy atom. The third-order valence-corrected chi connectivity index (χ3v) is 6.03. The SMILES string of the molecule is FCCCC1CCC(c2ccc(-c3ccc(C(F)(F)C(F)(F)F)c(F)c3)c(F)c2)CC1. The fourth-order valence-corrected chi connectivity index (χ4v) is 4.26. The Morgan fingerprint density at radius 3 is 2.03 bits per heavy atom. The van der Waals surface area contributed by atoms with Gasteiger partial charge in [0.15, 0.2) is 0 Å². The third kappa shape index (κ3) is 5.04. The topological polar surface area (TPSA) is 0 Å². The number of hydrogen-bond donors (Lipinski definition) is 0. The van der Waals surface area contributed by atoms with Crippen LogP contribution in [0.2, 0.25) is 0 Å². The van der Waals surface area contributed by atoms with Gasteiger partial charge in [-0.15, -0.1) is 0 Å². The highest BCUT2D eigenvalue weighted by Crippen LogP contribution is 2.45. The molecule has 1 saturated carbocycles. The molecule has 0 unspecified atom stereocenters. The zero-order chi connectivity index (χ0) is 22.8. The quantitative estimate of drug-likeness (QED) is 0.388. The molecule has 0 N–H and O–H groups in total. The molecule has 31 heavy (non-hydrogen) atoms. The molecule has 0 saturated heterocycles. The maximum absolute atomic E-state index is 14.7. The first kappa shape index (κ1) is 23.5. The van der Waals surface area contributed by atoms with Crippen molar-refractivity contribution in [3.63, 3.8) is 0 Å². The maximum atomic E-state index is 14.7. The average molecular weight is 450 g/mol. The monoisotopic (exact) mass is 450 g/mol. The molecule has 3 rings (SSSR count). The van der Waals surface area contributed by atoms with Crippen LogP contribution in [-0.2, 0) is 5.92 Å². The lowest BCUT2D eigenvalue weighted by Gasteiger charge is -2.29. The largest absolute Gasteiger partial charge is 0.458 e. The van der Waals surface area contributed by atoms with Gasteiger partial charge < -0.3 is 0 Å². The summed E-state index contributed by atoms with van der Waals surface area (Å²) in [5.41, 5.74) is -1.25. The minimum Gasteiger partial charge on any atom is -0.251 e. The van der Waals surface area contributed by atoms with Gasteiger partial charge in [0.05, 0.1) is 12.2 Å². The molecule has 0 nitrogen and oxygen atoms in total. The van der Waals surface area contributed by atoms with Crippen molar-refractivity contribution < 1.29 is 35.1 Å². The van der Waals surface area contributed by atoms with Gasteiger partial charge >= 0.3 is 12.1 Å². The van der Waals surface area contributed by atoms with E-state index >= 15 is 0 Å². The van der Waals surface area contributed by atoms with Crippen molar-refractivity contribution >= 4 is 0 Å². The van der Waals surface area contributed by atoms with Crippen LogP contribution in [0.1, 0.15) is 55.6 Å². The Bertz CT molecular complexity index is 895. The van der Waals surface area contributed by atoms with Gasteiger partial charge in [-0.25, -0.2) is 8.78 Å². The highest BCUT2D eigenvalue weighted by molar-refractivity contribution is 5.65. The number of hydrogen-bond acceptors (Lipinski definition) is 0. The fraction of sp³-hybridized carbons (Fsp3) is 0.478. The lowest BCUT2D eigenvalue weighted by molar-refractivity contribution is -0.290. The van der Waals surface area contributed by atoms with E-state index in [1.165, 1.54) is 12.1 Å². The Morgan fingerprint density at radius 2 is 1.48 bits per heavy atom. The van der Waals surface area contributed by atoms with Gasteiger partial charge in [-0.2, -0.15) is 22.0 Å². The molecule has 0 amide bonds. The van der Waals surface area contributed by atoms with E-state index in [1.807, 2.05) is 0 Å². The summed E-state index contributed by atoms with van der Waals surface area (Å²) < 4.78 is 105. The Kier molecular flexibility index (Phi) is 6.96. The predicted molar refractivity (Wildman–Crippen MR) is 102 cm³/mol. The van der Waals surface area contributed by atoms with Crippen molar-refractivity contribution in [3.05, 3.63) is 59.2 Å². The van der Waals surface area contributed by atoms with Crippen LogP contribution in [0.25, 0.3) is 11.1 Å². The smallest absolute Gasteiger partial charge is 0.251 e. The lowest BCUT2D eigenvalue weighted by Crippen LogP contribution is -2.34. The van der Waals surface area contributed by atoms with E-state index in [2.05, 4.69) is 0 Å². The van der Waals surface area contributed by atoms with Crippen molar-refractivity contribution in [1.82, 2.24) is 0 Å². The fourth-order valence-electron chi connectivity index (χ4n) is 4.26. The Hall–Kier alpha value is -2.12. The number of rotatable bonds is 6. The van der Waals surface area contributed by atoms with E-state index < -0.39 is 29.3 Å². The van der Waals surface area contributed by atoms with Crippen LogP contribution in [-0.4, -0.2) is 12.9 Å². The van der Waals surface area contributed by atoms with Crippen LogP contribution in [0, 0.1) is 17.6 Å². The van der Waals surface area contributed by atoms with Crippen LogP contribution in [0.15, 0.2) is 36.4 Å². The summed E-state index contributed by atoms with van der Waals surface area (Å²) in [6, 6.07) is 6.04. The molecule has 1 aliphatic rings. The van der Waals surface area contributed by atoms with E-state index in [4.69, 9.17) is 0 Å². The molecule has 2 aromatic carbocycles. The van der Waals surface area contributed by atoms with Gasteiger partial charge in [0.2, 0.25) is 0 Å². The third-order valence-electron chi connectivity index (χ3n) is 6.03. The highest BCUT2D eigenvalue weighted by Gasteiger charge is 2.59. The van der Waals surface area contributed by atoms with E-state index in [1.54, 1.807) is 6.07 Å². The molecule has 0 bridgehead atoms. The normalized spacial score (nSPS) is 20.1. The van der Waals surface area contributed by atoms with Gasteiger partial charge in [-0.1, -0.05) is 18.2 Å². The summed E-state index contributed by atoms with van der Waals surface area (Å²) in [6.45, 7) is -0.331. The minimum atomic E-state index is -5.94. The van der Waals surface area contributed by atoms with Crippen LogP contribution in [0.3, 0.4) is 0 Å². The van der Waals surface area contributed by atoms with Gasteiger partial charge in [-0.3, -0.25) is 4.39 Å². The molecule has 1 aliphatic carbocycles. The van der Waals surface area contributed by atoms with Crippen molar-refractivity contribution in [2.24, 2.45) is 5.92 Å². The number of benzene rings is 2. The van der Waals surface area contributed by atoms with Gasteiger partial charge in [0.25, 0.3) is 0 Å². The van der Waals surface area contributed by atoms with Crippen molar-refractivity contribution in [2.45, 2.75) is 56.5 Å². The summed E-state index contributed by atoms with van der Waals surface area (Å²) in [4.78, 5) is 0. The molecule has 1 fully saturated rings. The molecule has 2 aromatic rings. The molecule has 8 heteroatoms. The molecule has 0 radical (unpaired) electrons. The van der Waals surface area contributed by atoms with Crippen molar-refractivity contribution in [3.8, 4) is 11.1 Å². The summed E-state index contributed by atoms with van der Waals surface area (Å²) in [6.07, 6.45) is -1.03. The summed E-state index contributed by atoms with van der Waals surface area (Å²) in [5, 5.41) is 0. The second kappa shape index (κ2) is 9.17. The molecule has 0 spiro atoms. The highest BCUT2D eigenvalue weighted by atomic mass is 19.4. The molecular weight excluding hydrogens is 428 g/mol. The number of halogens is 8. The van der Waals surface area contributed by atoms with Crippen molar-refractivity contribution in [1.29, 1.82) is 0 Å². The first-order chi connectivity index (χ1) is 14.5. The van der Waals surface area contributed by atoms with Crippen molar-refractivity contribution in [2.75, 3.05) is 6.67 Å². The van der Waals surface area contributed by atoms with E-state index in [0.717, 1.165) is 43.7 Å². The van der Waals surface area contributed by atoms with Crippen LogP contribution >= 0.6 is 0 Å². The van der Waals surface area contributed by atoms with Gasteiger partial charge in [0, 0.05) is 5.56 Å². The summed E-state index contributed by atoms with van der Waals surface area (Å²) in [7, 11) is 0. The second-order valence-corrected chi connectivity index (χ2v) is 8.05. The standard InChI is InChI=1S/C23H22F8/c24-11-1-2-14-3-5-15(6-4-14)16-7-9-18(20(25)12-16)17-8-10-19(21(26)13-17)22(27,28)23(29,30)31/h7-10,12-15H,1-6,11H2. The lowest BCUT2D eigenvalue weighted by atomic mass is 9.77. The van der Waals surface area contributed by atoms with E-state index in [0.29, 0.717) is 24.5 Å². The van der Waals surface area contributed by atoms with E-state index in [-0.39, 0.29) is 23.7 Å². The Labute approximate surface area is 175 Å². The van der Waals surface area contributed by atoms with Gasteiger partial charge in [-0.05, 0) is 79.7 Å². The molecule has 0 heterocycles. The van der Waals surface area contributed by atoms with E-state index in [9.17, 15) is 35.1 Å².